The van der Waals surface area contributed by atoms with Crippen molar-refractivity contribution in [3.63, 3.8) is 0 Å². The summed E-state index contributed by atoms with van der Waals surface area (Å²) < 4.78 is 0. The second-order valence-corrected chi connectivity index (χ2v) is 6.69. The molecule has 0 bridgehead atoms. The first-order valence-corrected chi connectivity index (χ1v) is 7.08. The molecule has 0 aliphatic heterocycles. The maximum absolute atomic E-state index is 11.7. The minimum atomic E-state index is -0.109. The molecule has 1 aliphatic carbocycles. The van der Waals surface area contributed by atoms with Crippen molar-refractivity contribution in [1.29, 1.82) is 0 Å². The number of rotatable bonds is 4. The van der Waals surface area contributed by atoms with Crippen molar-refractivity contribution >= 4 is 24.2 Å². The molecule has 0 aromatic rings. The summed E-state index contributed by atoms with van der Waals surface area (Å²) in [5.41, 5.74) is 5.76. The van der Waals surface area contributed by atoms with Gasteiger partial charge in [-0.15, -0.1) is 12.4 Å². The van der Waals surface area contributed by atoms with Crippen LogP contribution in [0.1, 0.15) is 52.9 Å². The van der Waals surface area contributed by atoms with Crippen LogP contribution < -0.4 is 16.4 Å². The summed E-state index contributed by atoms with van der Waals surface area (Å²) in [6.45, 7) is 6.06. The van der Waals surface area contributed by atoms with Crippen LogP contribution in [0.15, 0.2) is 0 Å². The van der Waals surface area contributed by atoms with E-state index in [1.807, 2.05) is 20.8 Å². The molecule has 0 radical (unpaired) electrons. The van der Waals surface area contributed by atoms with Crippen molar-refractivity contribution in [2.45, 2.75) is 65.0 Å². The standard InChI is InChI=1S/C14H27N3O2.ClH/c1-14(2,3)8-12(18)16-9-13(19)17-11-6-4-10(15)5-7-11;/h10-11H,4-9,15H2,1-3H3,(H,16,18)(H,17,19);1H. The fourth-order valence-corrected chi connectivity index (χ4v) is 2.27. The summed E-state index contributed by atoms with van der Waals surface area (Å²) >= 11 is 0. The number of hydrogen-bond donors (Lipinski definition) is 3. The summed E-state index contributed by atoms with van der Waals surface area (Å²) in [7, 11) is 0. The third-order valence-electron chi connectivity index (χ3n) is 3.27. The molecule has 0 atom stereocenters. The quantitative estimate of drug-likeness (QED) is 0.733. The molecule has 5 nitrogen and oxygen atoms in total. The van der Waals surface area contributed by atoms with Gasteiger partial charge in [0.1, 0.15) is 0 Å². The third kappa shape index (κ3) is 8.38. The normalized spacial score (nSPS) is 22.6. The van der Waals surface area contributed by atoms with E-state index < -0.39 is 0 Å². The van der Waals surface area contributed by atoms with Gasteiger partial charge in [-0.3, -0.25) is 9.59 Å². The van der Waals surface area contributed by atoms with Gasteiger partial charge >= 0.3 is 0 Å². The molecule has 1 aliphatic rings. The van der Waals surface area contributed by atoms with Crippen LogP contribution in [0.4, 0.5) is 0 Å². The smallest absolute Gasteiger partial charge is 0.239 e. The van der Waals surface area contributed by atoms with E-state index in [1.165, 1.54) is 0 Å². The zero-order chi connectivity index (χ0) is 14.5. The van der Waals surface area contributed by atoms with Gasteiger partial charge in [0.25, 0.3) is 0 Å². The molecule has 1 saturated carbocycles. The Bertz CT molecular complexity index is 321. The van der Waals surface area contributed by atoms with Gasteiger partial charge in [-0.25, -0.2) is 0 Å². The molecule has 1 fully saturated rings. The van der Waals surface area contributed by atoms with E-state index in [0.717, 1.165) is 25.7 Å². The Morgan fingerprint density at radius 1 is 1.10 bits per heavy atom. The maximum atomic E-state index is 11.7. The van der Waals surface area contributed by atoms with Gasteiger partial charge in [-0.05, 0) is 31.1 Å². The summed E-state index contributed by atoms with van der Waals surface area (Å²) in [5.74, 6) is -0.184. The third-order valence-corrected chi connectivity index (χ3v) is 3.27. The van der Waals surface area contributed by atoms with E-state index >= 15 is 0 Å². The second kappa shape index (κ2) is 8.47. The summed E-state index contributed by atoms with van der Waals surface area (Å²) in [6.07, 6.45) is 4.22. The van der Waals surface area contributed by atoms with Crippen LogP contribution in [0, 0.1) is 5.41 Å². The van der Waals surface area contributed by atoms with Crippen molar-refractivity contribution < 1.29 is 9.59 Å². The number of carbonyl (C=O) groups excluding carboxylic acids is 2. The molecule has 6 heteroatoms. The van der Waals surface area contributed by atoms with Gasteiger partial charge in [-0.2, -0.15) is 0 Å². The molecule has 0 unspecified atom stereocenters. The first-order chi connectivity index (χ1) is 8.76. The van der Waals surface area contributed by atoms with Crippen LogP contribution in [-0.4, -0.2) is 30.4 Å². The predicted octanol–water partition coefficient (Wildman–Crippen LogP) is 1.35. The Labute approximate surface area is 127 Å². The van der Waals surface area contributed by atoms with Gasteiger partial charge in [0.05, 0.1) is 6.54 Å². The highest BCUT2D eigenvalue weighted by atomic mass is 35.5. The Morgan fingerprint density at radius 2 is 1.65 bits per heavy atom. The van der Waals surface area contributed by atoms with Gasteiger partial charge in [0.15, 0.2) is 0 Å². The molecule has 20 heavy (non-hydrogen) atoms. The molecule has 4 N–H and O–H groups in total. The lowest BCUT2D eigenvalue weighted by molar-refractivity contribution is -0.127. The van der Waals surface area contributed by atoms with E-state index in [0.29, 0.717) is 6.42 Å². The zero-order valence-electron chi connectivity index (χ0n) is 12.7. The lowest BCUT2D eigenvalue weighted by atomic mass is 9.91. The van der Waals surface area contributed by atoms with Crippen molar-refractivity contribution in [2.24, 2.45) is 11.1 Å². The molecular weight excluding hydrogens is 278 g/mol. The van der Waals surface area contributed by atoms with Gasteiger partial charge < -0.3 is 16.4 Å². The molecule has 0 spiro atoms. The van der Waals surface area contributed by atoms with E-state index in [1.54, 1.807) is 0 Å². The van der Waals surface area contributed by atoms with E-state index in [-0.39, 0.29) is 48.3 Å². The first-order valence-electron chi connectivity index (χ1n) is 7.08. The lowest BCUT2D eigenvalue weighted by Crippen LogP contribution is -2.45. The van der Waals surface area contributed by atoms with Gasteiger partial charge in [0.2, 0.25) is 11.8 Å². The van der Waals surface area contributed by atoms with Gasteiger partial charge in [-0.1, -0.05) is 20.8 Å². The van der Waals surface area contributed by atoms with E-state index in [9.17, 15) is 9.59 Å². The molecule has 0 heterocycles. The number of carbonyl (C=O) groups is 2. The molecular formula is C14H28ClN3O2. The van der Waals surface area contributed by atoms with Crippen LogP contribution in [-0.2, 0) is 9.59 Å². The highest BCUT2D eigenvalue weighted by molar-refractivity contribution is 5.85. The number of nitrogens with one attached hydrogen (secondary N) is 2. The zero-order valence-corrected chi connectivity index (χ0v) is 13.5. The Balaban J connectivity index is 0.00000361. The highest BCUT2D eigenvalue weighted by Crippen LogP contribution is 2.18. The molecule has 0 aromatic heterocycles. The summed E-state index contributed by atoms with van der Waals surface area (Å²) in [5, 5.41) is 5.61. The SMILES string of the molecule is CC(C)(C)CC(=O)NCC(=O)NC1CCC(N)CC1.Cl. The van der Waals surface area contributed by atoms with Crippen molar-refractivity contribution in [3.05, 3.63) is 0 Å². The minimum Gasteiger partial charge on any atom is -0.352 e. The number of hydrogen-bond acceptors (Lipinski definition) is 3. The Kier molecular flexibility index (Phi) is 8.13. The molecule has 118 valence electrons. The fraction of sp³-hybridized carbons (Fsp3) is 0.857. The van der Waals surface area contributed by atoms with Gasteiger partial charge in [0, 0.05) is 18.5 Å². The van der Waals surface area contributed by atoms with Crippen molar-refractivity contribution in [3.8, 4) is 0 Å². The minimum absolute atomic E-state index is 0. The van der Waals surface area contributed by atoms with Crippen molar-refractivity contribution in [2.75, 3.05) is 6.54 Å². The average molecular weight is 306 g/mol. The van der Waals surface area contributed by atoms with E-state index in [2.05, 4.69) is 10.6 Å². The fourth-order valence-electron chi connectivity index (χ4n) is 2.27. The highest BCUT2D eigenvalue weighted by Gasteiger charge is 2.20. The maximum Gasteiger partial charge on any atom is 0.239 e. The molecule has 2 amide bonds. The van der Waals surface area contributed by atoms with Crippen LogP contribution in [0.5, 0.6) is 0 Å². The first kappa shape index (κ1) is 19.2. The Morgan fingerprint density at radius 3 is 2.15 bits per heavy atom. The molecule has 0 saturated heterocycles. The van der Waals surface area contributed by atoms with Crippen molar-refractivity contribution in [1.82, 2.24) is 10.6 Å². The monoisotopic (exact) mass is 305 g/mol. The number of nitrogens with two attached hydrogens (primary N) is 1. The lowest BCUT2D eigenvalue weighted by Gasteiger charge is -2.26. The largest absolute Gasteiger partial charge is 0.352 e. The van der Waals surface area contributed by atoms with Crippen LogP contribution >= 0.6 is 12.4 Å². The van der Waals surface area contributed by atoms with Crippen LogP contribution in [0.2, 0.25) is 0 Å². The Hall–Kier alpha value is -0.810. The molecule has 1 rings (SSSR count). The van der Waals surface area contributed by atoms with Crippen LogP contribution in [0.3, 0.4) is 0 Å². The number of amides is 2. The van der Waals surface area contributed by atoms with E-state index in [4.69, 9.17) is 5.73 Å². The topological polar surface area (TPSA) is 84.2 Å². The number of halogens is 1. The average Bonchev–Trinajstić information content (AvgIpc) is 2.27. The molecule has 0 aromatic carbocycles. The second-order valence-electron chi connectivity index (χ2n) is 6.69. The van der Waals surface area contributed by atoms with Crippen LogP contribution in [0.25, 0.3) is 0 Å². The summed E-state index contributed by atoms with van der Waals surface area (Å²) in [6, 6.07) is 0.492. The predicted molar refractivity (Wildman–Crippen MR) is 82.7 cm³/mol. The summed E-state index contributed by atoms with van der Waals surface area (Å²) in [4.78, 5) is 23.3.